The van der Waals surface area contributed by atoms with E-state index in [-0.39, 0.29) is 6.04 Å². The third kappa shape index (κ3) is 1.22. The van der Waals surface area contributed by atoms with Gasteiger partial charge in [-0.15, -0.1) is 0 Å². The minimum Gasteiger partial charge on any atom is -0.480 e. The van der Waals surface area contributed by atoms with E-state index in [1.165, 1.54) is 25.7 Å². The molecule has 3 heteroatoms. The number of aliphatic carboxylic acids is 1. The second-order valence-corrected chi connectivity index (χ2v) is 4.18. The highest BCUT2D eigenvalue weighted by Crippen LogP contribution is 2.44. The van der Waals surface area contributed by atoms with Crippen LogP contribution in [0.15, 0.2) is 0 Å². The van der Waals surface area contributed by atoms with Crippen LogP contribution in [-0.2, 0) is 4.79 Å². The summed E-state index contributed by atoms with van der Waals surface area (Å²) >= 11 is 0. The molecular formula is C9H15NO2. The van der Waals surface area contributed by atoms with Gasteiger partial charge in [0.15, 0.2) is 0 Å². The van der Waals surface area contributed by atoms with Gasteiger partial charge in [0.25, 0.3) is 0 Å². The highest BCUT2D eigenvalue weighted by Gasteiger charge is 2.43. The molecule has 2 fully saturated rings. The number of nitrogens with one attached hydrogen (secondary N) is 1. The van der Waals surface area contributed by atoms with E-state index in [0.29, 0.717) is 5.41 Å². The molecule has 68 valence electrons. The van der Waals surface area contributed by atoms with Gasteiger partial charge < -0.3 is 10.4 Å². The molecule has 0 aromatic heterocycles. The first-order valence-electron chi connectivity index (χ1n) is 4.68. The molecule has 0 radical (unpaired) electrons. The van der Waals surface area contributed by atoms with Gasteiger partial charge in [-0.2, -0.15) is 0 Å². The standard InChI is InChI=1S/C9H15NO2/c11-8(12)7-5-9(6-10-7)3-1-2-4-9/h7,10H,1-6H2,(H,11,12). The molecule has 1 heterocycles. The zero-order valence-electron chi connectivity index (χ0n) is 7.18. The van der Waals surface area contributed by atoms with Gasteiger partial charge >= 0.3 is 5.97 Å². The monoisotopic (exact) mass is 169 g/mol. The van der Waals surface area contributed by atoms with Crippen LogP contribution in [0.2, 0.25) is 0 Å². The van der Waals surface area contributed by atoms with E-state index in [4.69, 9.17) is 5.11 Å². The van der Waals surface area contributed by atoms with Gasteiger partial charge in [0.05, 0.1) is 0 Å². The van der Waals surface area contributed by atoms with Crippen molar-refractivity contribution in [2.45, 2.75) is 38.1 Å². The van der Waals surface area contributed by atoms with Crippen LogP contribution in [0.5, 0.6) is 0 Å². The Morgan fingerprint density at radius 2 is 2.08 bits per heavy atom. The summed E-state index contributed by atoms with van der Waals surface area (Å²) < 4.78 is 0. The van der Waals surface area contributed by atoms with Gasteiger partial charge in [0, 0.05) is 6.54 Å². The van der Waals surface area contributed by atoms with Crippen LogP contribution in [-0.4, -0.2) is 23.7 Å². The number of carboxylic acid groups (broad SMARTS) is 1. The fourth-order valence-electron chi connectivity index (χ4n) is 2.60. The minimum atomic E-state index is -0.682. The van der Waals surface area contributed by atoms with Crippen molar-refractivity contribution in [3.8, 4) is 0 Å². The van der Waals surface area contributed by atoms with Gasteiger partial charge in [0.1, 0.15) is 6.04 Å². The lowest BCUT2D eigenvalue weighted by Gasteiger charge is -2.20. The molecule has 2 aliphatic rings. The lowest BCUT2D eigenvalue weighted by Crippen LogP contribution is -2.30. The number of hydrogen-bond donors (Lipinski definition) is 2. The van der Waals surface area contributed by atoms with Crippen LogP contribution in [0.3, 0.4) is 0 Å². The Labute approximate surface area is 72.2 Å². The maximum atomic E-state index is 10.7. The largest absolute Gasteiger partial charge is 0.480 e. The molecular weight excluding hydrogens is 154 g/mol. The Morgan fingerprint density at radius 1 is 1.42 bits per heavy atom. The normalized spacial score (nSPS) is 32.8. The van der Waals surface area contributed by atoms with E-state index in [1.807, 2.05) is 0 Å². The topological polar surface area (TPSA) is 49.3 Å². The molecule has 1 atom stereocenters. The number of carboxylic acids is 1. The molecule has 2 rings (SSSR count). The Bertz CT molecular complexity index is 197. The van der Waals surface area contributed by atoms with Crippen molar-refractivity contribution in [3.63, 3.8) is 0 Å². The summed E-state index contributed by atoms with van der Waals surface area (Å²) in [7, 11) is 0. The van der Waals surface area contributed by atoms with Crippen LogP contribution < -0.4 is 5.32 Å². The van der Waals surface area contributed by atoms with Crippen LogP contribution in [0.1, 0.15) is 32.1 Å². The van der Waals surface area contributed by atoms with Gasteiger partial charge in [0.2, 0.25) is 0 Å². The lowest BCUT2D eigenvalue weighted by molar-refractivity contribution is -0.139. The van der Waals surface area contributed by atoms with Crippen molar-refractivity contribution in [1.82, 2.24) is 5.32 Å². The molecule has 3 nitrogen and oxygen atoms in total. The van der Waals surface area contributed by atoms with Crippen molar-refractivity contribution in [2.75, 3.05) is 6.54 Å². The molecule has 0 aromatic carbocycles. The van der Waals surface area contributed by atoms with Crippen molar-refractivity contribution in [1.29, 1.82) is 0 Å². The summed E-state index contributed by atoms with van der Waals surface area (Å²) in [5.74, 6) is -0.682. The smallest absolute Gasteiger partial charge is 0.320 e. The van der Waals surface area contributed by atoms with Crippen LogP contribution in [0.25, 0.3) is 0 Å². The molecule has 0 aromatic rings. The summed E-state index contributed by atoms with van der Waals surface area (Å²) in [5, 5.41) is 11.9. The summed E-state index contributed by atoms with van der Waals surface area (Å²) in [6.45, 7) is 0.921. The average Bonchev–Trinajstić information content (AvgIpc) is 2.62. The van der Waals surface area contributed by atoms with Crippen LogP contribution in [0, 0.1) is 5.41 Å². The predicted molar refractivity (Wildman–Crippen MR) is 44.9 cm³/mol. The summed E-state index contributed by atoms with van der Waals surface area (Å²) in [6, 6.07) is -0.275. The minimum absolute atomic E-state index is 0.275. The highest BCUT2D eigenvalue weighted by molar-refractivity contribution is 5.74. The first-order valence-corrected chi connectivity index (χ1v) is 4.68. The molecule has 1 aliphatic heterocycles. The first-order chi connectivity index (χ1) is 5.72. The van der Waals surface area contributed by atoms with Gasteiger partial charge in [-0.1, -0.05) is 12.8 Å². The lowest BCUT2D eigenvalue weighted by atomic mass is 9.84. The van der Waals surface area contributed by atoms with E-state index in [1.54, 1.807) is 0 Å². The second-order valence-electron chi connectivity index (χ2n) is 4.18. The van der Waals surface area contributed by atoms with Crippen molar-refractivity contribution in [2.24, 2.45) is 5.41 Å². The van der Waals surface area contributed by atoms with E-state index >= 15 is 0 Å². The molecule has 1 saturated carbocycles. The molecule has 0 amide bonds. The molecule has 2 N–H and O–H groups in total. The SMILES string of the molecule is O=C(O)C1CC2(CCCC2)CN1. The Morgan fingerprint density at radius 3 is 2.58 bits per heavy atom. The molecule has 1 spiro atoms. The predicted octanol–water partition coefficient (Wildman–Crippen LogP) is 0.993. The van der Waals surface area contributed by atoms with Gasteiger partial charge in [-0.25, -0.2) is 0 Å². The number of carbonyl (C=O) groups is 1. The number of hydrogen-bond acceptors (Lipinski definition) is 2. The first kappa shape index (κ1) is 8.05. The second kappa shape index (κ2) is 2.73. The maximum Gasteiger partial charge on any atom is 0.320 e. The van der Waals surface area contributed by atoms with Gasteiger partial charge in [-0.05, 0) is 24.7 Å². The molecule has 1 unspecified atom stereocenters. The van der Waals surface area contributed by atoms with Crippen molar-refractivity contribution in [3.05, 3.63) is 0 Å². The van der Waals surface area contributed by atoms with E-state index < -0.39 is 5.97 Å². The molecule has 12 heavy (non-hydrogen) atoms. The van der Waals surface area contributed by atoms with Gasteiger partial charge in [-0.3, -0.25) is 4.79 Å². The van der Waals surface area contributed by atoms with E-state index in [9.17, 15) is 4.79 Å². The third-order valence-electron chi connectivity index (χ3n) is 3.32. The summed E-state index contributed by atoms with van der Waals surface area (Å²) in [5.41, 5.74) is 0.350. The van der Waals surface area contributed by atoms with Crippen LogP contribution in [0.4, 0.5) is 0 Å². The maximum absolute atomic E-state index is 10.7. The molecule has 1 saturated heterocycles. The summed E-state index contributed by atoms with van der Waals surface area (Å²) in [6.07, 6.45) is 5.87. The van der Waals surface area contributed by atoms with Crippen molar-refractivity contribution < 1.29 is 9.90 Å². The number of rotatable bonds is 1. The molecule has 0 bridgehead atoms. The van der Waals surface area contributed by atoms with E-state index in [2.05, 4.69) is 5.32 Å². The Balaban J connectivity index is 2.01. The fourth-order valence-corrected chi connectivity index (χ4v) is 2.60. The quantitative estimate of drug-likeness (QED) is 0.615. The van der Waals surface area contributed by atoms with Crippen LogP contribution >= 0.6 is 0 Å². The fraction of sp³-hybridized carbons (Fsp3) is 0.889. The third-order valence-corrected chi connectivity index (χ3v) is 3.32. The highest BCUT2D eigenvalue weighted by atomic mass is 16.4. The summed E-state index contributed by atoms with van der Waals surface area (Å²) in [4.78, 5) is 10.7. The zero-order chi connectivity index (χ0) is 8.60. The molecule has 1 aliphatic carbocycles. The van der Waals surface area contributed by atoms with E-state index in [0.717, 1.165) is 13.0 Å². The average molecular weight is 169 g/mol. The Hall–Kier alpha value is -0.570. The Kier molecular flexibility index (Phi) is 1.83. The van der Waals surface area contributed by atoms with Crippen molar-refractivity contribution >= 4 is 5.97 Å². The zero-order valence-corrected chi connectivity index (χ0v) is 7.18.